The molecule has 0 saturated carbocycles. The highest BCUT2D eigenvalue weighted by molar-refractivity contribution is 7.13. The first kappa shape index (κ1) is 23.9. The number of hydrogen-bond acceptors (Lipinski definition) is 4. The lowest BCUT2D eigenvalue weighted by Crippen LogP contribution is -2.30. The van der Waals surface area contributed by atoms with E-state index in [1.54, 1.807) is 0 Å². The SMILES string of the molecule is Cc1nc(CC(C)C)c(C(=O)N2C[C@@H](CN)[C@H](c3ccccc3)C2)s1.Cl.Cl. The summed E-state index contributed by atoms with van der Waals surface area (Å²) in [6.07, 6.45) is 0.849. The summed E-state index contributed by atoms with van der Waals surface area (Å²) in [6.45, 7) is 8.37. The first-order valence-electron chi connectivity index (χ1n) is 9.00. The van der Waals surface area contributed by atoms with Crippen LogP contribution in [0.5, 0.6) is 0 Å². The van der Waals surface area contributed by atoms with Crippen LogP contribution in [0.2, 0.25) is 0 Å². The van der Waals surface area contributed by atoms with Gasteiger partial charge in [0.1, 0.15) is 4.88 Å². The van der Waals surface area contributed by atoms with Crippen molar-refractivity contribution in [2.45, 2.75) is 33.1 Å². The molecule has 2 aromatic rings. The molecule has 7 heteroatoms. The van der Waals surface area contributed by atoms with Gasteiger partial charge >= 0.3 is 0 Å². The molecule has 1 aliphatic rings. The van der Waals surface area contributed by atoms with Crippen molar-refractivity contribution in [3.05, 3.63) is 51.5 Å². The van der Waals surface area contributed by atoms with Crippen LogP contribution in [0.25, 0.3) is 0 Å². The van der Waals surface area contributed by atoms with Gasteiger partial charge in [0.25, 0.3) is 5.91 Å². The molecule has 2 heterocycles. The van der Waals surface area contributed by atoms with Gasteiger partial charge in [-0.1, -0.05) is 44.2 Å². The molecule has 1 fully saturated rings. The predicted octanol–water partition coefficient (Wildman–Crippen LogP) is 4.31. The van der Waals surface area contributed by atoms with Crippen LogP contribution in [0, 0.1) is 18.8 Å². The number of aromatic nitrogens is 1. The molecule has 1 saturated heterocycles. The summed E-state index contributed by atoms with van der Waals surface area (Å²) in [5, 5.41) is 0.966. The number of benzene rings is 1. The quantitative estimate of drug-likeness (QED) is 0.769. The minimum Gasteiger partial charge on any atom is -0.337 e. The molecule has 2 N–H and O–H groups in total. The van der Waals surface area contributed by atoms with Crippen molar-refractivity contribution >= 4 is 42.1 Å². The zero-order valence-electron chi connectivity index (χ0n) is 16.1. The molecule has 0 bridgehead atoms. The molecule has 2 atom stereocenters. The van der Waals surface area contributed by atoms with E-state index in [9.17, 15) is 4.79 Å². The number of thiazole rings is 1. The Morgan fingerprint density at radius 1 is 1.26 bits per heavy atom. The van der Waals surface area contributed by atoms with E-state index in [2.05, 4.69) is 43.1 Å². The average molecular weight is 430 g/mol. The molecule has 0 spiro atoms. The van der Waals surface area contributed by atoms with Crippen molar-refractivity contribution < 1.29 is 4.79 Å². The fourth-order valence-corrected chi connectivity index (χ4v) is 4.57. The normalized spacial score (nSPS) is 18.9. The van der Waals surface area contributed by atoms with Gasteiger partial charge in [-0.3, -0.25) is 4.79 Å². The number of rotatable bonds is 5. The molecule has 0 radical (unpaired) electrons. The summed E-state index contributed by atoms with van der Waals surface area (Å²) < 4.78 is 0. The third-order valence-corrected chi connectivity index (χ3v) is 5.86. The Bertz CT molecular complexity index is 736. The second-order valence-electron chi connectivity index (χ2n) is 7.33. The first-order chi connectivity index (χ1) is 12.0. The van der Waals surface area contributed by atoms with Gasteiger partial charge in [-0.15, -0.1) is 36.2 Å². The summed E-state index contributed by atoms with van der Waals surface area (Å²) in [7, 11) is 0. The molecule has 1 amide bonds. The molecule has 3 rings (SSSR count). The van der Waals surface area contributed by atoms with E-state index in [-0.39, 0.29) is 30.7 Å². The van der Waals surface area contributed by atoms with Gasteiger partial charge in [0.05, 0.1) is 10.7 Å². The van der Waals surface area contributed by atoms with E-state index in [1.807, 2.05) is 17.9 Å². The molecule has 1 aromatic carbocycles. The Morgan fingerprint density at radius 3 is 2.52 bits per heavy atom. The van der Waals surface area contributed by atoms with Gasteiger partial charge in [-0.05, 0) is 37.3 Å². The molecular formula is C20H29Cl2N3OS. The van der Waals surface area contributed by atoms with E-state index in [0.29, 0.717) is 24.3 Å². The number of halogens is 2. The van der Waals surface area contributed by atoms with E-state index >= 15 is 0 Å². The molecule has 0 unspecified atom stereocenters. The maximum atomic E-state index is 13.2. The lowest BCUT2D eigenvalue weighted by molar-refractivity contribution is 0.0789. The molecule has 1 aromatic heterocycles. The maximum absolute atomic E-state index is 13.2. The summed E-state index contributed by atoms with van der Waals surface area (Å²) >= 11 is 1.52. The summed E-state index contributed by atoms with van der Waals surface area (Å²) in [5.74, 6) is 1.24. The predicted molar refractivity (Wildman–Crippen MR) is 118 cm³/mol. The van der Waals surface area contributed by atoms with Gasteiger partial charge in [0.2, 0.25) is 0 Å². The van der Waals surface area contributed by atoms with Crippen LogP contribution in [0.15, 0.2) is 30.3 Å². The zero-order valence-corrected chi connectivity index (χ0v) is 18.5. The van der Waals surface area contributed by atoms with Crippen molar-refractivity contribution in [1.82, 2.24) is 9.88 Å². The largest absolute Gasteiger partial charge is 0.337 e. The molecule has 1 aliphatic heterocycles. The number of aryl methyl sites for hydroxylation is 1. The van der Waals surface area contributed by atoms with Gasteiger partial charge in [-0.2, -0.15) is 0 Å². The molecule has 27 heavy (non-hydrogen) atoms. The van der Waals surface area contributed by atoms with Crippen molar-refractivity contribution in [3.8, 4) is 0 Å². The van der Waals surface area contributed by atoms with Gasteiger partial charge in [0, 0.05) is 19.0 Å². The van der Waals surface area contributed by atoms with Gasteiger partial charge < -0.3 is 10.6 Å². The Balaban J connectivity index is 0.00000182. The third kappa shape index (κ3) is 5.44. The first-order valence-corrected chi connectivity index (χ1v) is 9.81. The highest BCUT2D eigenvalue weighted by Crippen LogP contribution is 2.34. The highest BCUT2D eigenvalue weighted by Gasteiger charge is 2.36. The van der Waals surface area contributed by atoms with Crippen LogP contribution in [-0.4, -0.2) is 35.4 Å². The number of carbonyl (C=O) groups excluding carboxylic acids is 1. The lowest BCUT2D eigenvalue weighted by Gasteiger charge is -2.17. The van der Waals surface area contributed by atoms with Crippen LogP contribution < -0.4 is 5.73 Å². The third-order valence-electron chi connectivity index (χ3n) is 4.86. The van der Waals surface area contributed by atoms with Crippen LogP contribution >= 0.6 is 36.2 Å². The maximum Gasteiger partial charge on any atom is 0.265 e. The van der Waals surface area contributed by atoms with Crippen LogP contribution in [-0.2, 0) is 6.42 Å². The van der Waals surface area contributed by atoms with Crippen LogP contribution in [0.4, 0.5) is 0 Å². The number of nitrogens with two attached hydrogens (primary N) is 1. The molecule has 150 valence electrons. The Labute approximate surface area is 178 Å². The smallest absolute Gasteiger partial charge is 0.265 e. The number of nitrogens with zero attached hydrogens (tertiary/aromatic N) is 2. The minimum absolute atomic E-state index is 0. The standard InChI is InChI=1S/C20H27N3OS.2ClH/c1-13(2)9-18-19(25-14(3)22-18)20(24)23-11-16(10-21)17(12-23)15-7-5-4-6-8-15;;/h4-8,13,16-17H,9-12,21H2,1-3H3;2*1H/t16-,17+;;/m1../s1. The number of hydrogen-bond donors (Lipinski definition) is 1. The molecular weight excluding hydrogens is 401 g/mol. The fraction of sp³-hybridized carbons (Fsp3) is 0.500. The summed E-state index contributed by atoms with van der Waals surface area (Å²) in [4.78, 5) is 20.6. The highest BCUT2D eigenvalue weighted by atomic mass is 35.5. The zero-order chi connectivity index (χ0) is 18.0. The van der Waals surface area contributed by atoms with E-state index in [1.165, 1.54) is 16.9 Å². The number of amides is 1. The minimum atomic E-state index is 0. The number of likely N-dealkylation sites (tertiary alicyclic amines) is 1. The second kappa shape index (κ2) is 10.4. The second-order valence-corrected chi connectivity index (χ2v) is 8.53. The monoisotopic (exact) mass is 429 g/mol. The molecule has 4 nitrogen and oxygen atoms in total. The summed E-state index contributed by atoms with van der Waals surface area (Å²) in [6, 6.07) is 10.4. The van der Waals surface area contributed by atoms with Crippen molar-refractivity contribution in [2.75, 3.05) is 19.6 Å². The lowest BCUT2D eigenvalue weighted by atomic mass is 9.89. The number of carbonyl (C=O) groups is 1. The van der Waals surface area contributed by atoms with Crippen LogP contribution in [0.3, 0.4) is 0 Å². The van der Waals surface area contributed by atoms with Crippen molar-refractivity contribution in [2.24, 2.45) is 17.6 Å². The van der Waals surface area contributed by atoms with Gasteiger partial charge in [0.15, 0.2) is 0 Å². The Morgan fingerprint density at radius 2 is 1.93 bits per heavy atom. The summed E-state index contributed by atoms with van der Waals surface area (Å²) in [5.41, 5.74) is 8.24. The Kier molecular flexibility index (Phi) is 9.22. The van der Waals surface area contributed by atoms with E-state index in [4.69, 9.17) is 5.73 Å². The van der Waals surface area contributed by atoms with E-state index < -0.39 is 0 Å². The van der Waals surface area contributed by atoms with E-state index in [0.717, 1.165) is 35.1 Å². The van der Waals surface area contributed by atoms with Crippen molar-refractivity contribution in [1.29, 1.82) is 0 Å². The van der Waals surface area contributed by atoms with Crippen molar-refractivity contribution in [3.63, 3.8) is 0 Å². The topological polar surface area (TPSA) is 59.2 Å². The fourth-order valence-electron chi connectivity index (χ4n) is 3.66. The van der Waals surface area contributed by atoms with Crippen LogP contribution in [0.1, 0.15) is 45.7 Å². The van der Waals surface area contributed by atoms with Gasteiger partial charge in [-0.25, -0.2) is 4.98 Å². The molecule has 0 aliphatic carbocycles. The Hall–Kier alpha value is -1.14. The average Bonchev–Trinajstić information content (AvgIpc) is 3.18.